The Morgan fingerprint density at radius 1 is 0.941 bits per heavy atom. The van der Waals surface area contributed by atoms with Gasteiger partial charge < -0.3 is 10.1 Å². The van der Waals surface area contributed by atoms with Crippen molar-refractivity contribution < 1.29 is 23.9 Å². The van der Waals surface area contributed by atoms with E-state index < -0.39 is 35.5 Å². The monoisotopic (exact) mass is 453 g/mol. The van der Waals surface area contributed by atoms with Gasteiger partial charge in [-0.3, -0.25) is 14.4 Å². The smallest absolute Gasteiger partial charge is 0.339 e. The lowest BCUT2D eigenvalue weighted by molar-refractivity contribution is -0.143. The molecule has 34 heavy (non-hydrogen) atoms. The third kappa shape index (κ3) is 4.71. The maximum absolute atomic E-state index is 13.3. The van der Waals surface area contributed by atoms with Gasteiger partial charge in [0.2, 0.25) is 5.78 Å². The van der Waals surface area contributed by atoms with Gasteiger partial charge in [0.1, 0.15) is 12.0 Å². The van der Waals surface area contributed by atoms with E-state index in [1.165, 1.54) is 6.08 Å². The van der Waals surface area contributed by atoms with Crippen molar-refractivity contribution in [2.45, 2.75) is 20.0 Å². The first kappa shape index (κ1) is 22.9. The molecule has 0 saturated heterocycles. The molecule has 0 aromatic heterocycles. The number of Topliss-reactive ketones (excluding diaryl/α,β-unsaturated/α-hetero) is 1. The third-order valence-corrected chi connectivity index (χ3v) is 5.71. The number of amides is 1. The summed E-state index contributed by atoms with van der Waals surface area (Å²) >= 11 is 0. The molecule has 2 atom stereocenters. The second-order valence-corrected chi connectivity index (χ2v) is 8.17. The largest absolute Gasteiger partial charge is 0.453 e. The summed E-state index contributed by atoms with van der Waals surface area (Å²) in [7, 11) is 0. The van der Waals surface area contributed by atoms with Crippen LogP contribution in [0, 0.1) is 19.8 Å². The maximum atomic E-state index is 13.3. The number of ether oxygens (including phenoxy) is 1. The molecule has 4 rings (SSSR count). The number of nitrogens with one attached hydrogen (secondary N) is 1. The molecule has 0 radical (unpaired) electrons. The van der Waals surface area contributed by atoms with Gasteiger partial charge in [-0.15, -0.1) is 0 Å². The Labute approximate surface area is 197 Å². The topological polar surface area (TPSA) is 89.5 Å². The number of anilines is 1. The third-order valence-electron chi connectivity index (χ3n) is 5.71. The number of ketones is 2. The van der Waals surface area contributed by atoms with Crippen molar-refractivity contribution in [1.29, 1.82) is 0 Å². The van der Waals surface area contributed by atoms with Gasteiger partial charge >= 0.3 is 5.97 Å². The summed E-state index contributed by atoms with van der Waals surface area (Å²) in [5.74, 6) is -4.69. The molecule has 0 unspecified atom stereocenters. The molecule has 0 spiro atoms. The van der Waals surface area contributed by atoms with Crippen LogP contribution in [0.25, 0.3) is 6.08 Å². The molecule has 1 N–H and O–H groups in total. The lowest BCUT2D eigenvalue weighted by atomic mass is 9.86. The zero-order chi connectivity index (χ0) is 24.2. The van der Waals surface area contributed by atoms with Crippen LogP contribution < -0.4 is 5.32 Å². The van der Waals surface area contributed by atoms with E-state index in [0.29, 0.717) is 11.3 Å². The van der Waals surface area contributed by atoms with Crippen molar-refractivity contribution in [1.82, 2.24) is 0 Å². The van der Waals surface area contributed by atoms with E-state index >= 15 is 0 Å². The second-order valence-electron chi connectivity index (χ2n) is 8.17. The van der Waals surface area contributed by atoms with Gasteiger partial charge in [-0.05, 0) is 43.2 Å². The number of esters is 1. The summed E-state index contributed by atoms with van der Waals surface area (Å²) in [6.45, 7) is 3.73. The first-order chi connectivity index (χ1) is 16.3. The fourth-order valence-electron chi connectivity index (χ4n) is 3.96. The quantitative estimate of drug-likeness (QED) is 0.244. The van der Waals surface area contributed by atoms with E-state index in [2.05, 4.69) is 5.32 Å². The molecule has 0 saturated carbocycles. The normalized spacial score (nSPS) is 15.5. The molecule has 3 aromatic rings. The average molecular weight is 453 g/mol. The number of hydrogen-bond donors (Lipinski definition) is 1. The molecule has 6 heteroatoms. The second kappa shape index (κ2) is 9.67. The van der Waals surface area contributed by atoms with Crippen molar-refractivity contribution >= 4 is 35.2 Å². The first-order valence-electron chi connectivity index (χ1n) is 10.8. The molecular formula is C28H23NO5. The van der Waals surface area contributed by atoms with Gasteiger partial charge in [0.15, 0.2) is 5.78 Å². The highest BCUT2D eigenvalue weighted by molar-refractivity contribution is 6.45. The Morgan fingerprint density at radius 3 is 2.38 bits per heavy atom. The molecule has 0 aliphatic carbocycles. The van der Waals surface area contributed by atoms with Gasteiger partial charge in [-0.25, -0.2) is 4.79 Å². The van der Waals surface area contributed by atoms with Gasteiger partial charge in [0.25, 0.3) is 5.91 Å². The van der Waals surface area contributed by atoms with Crippen molar-refractivity contribution in [3.63, 3.8) is 0 Å². The fraction of sp³-hybridized carbons (Fsp3) is 0.143. The SMILES string of the molecule is Cc1ccc(NC(=O)C(=O)[C@H](C(=O)/C=C/c2ccccc2)[C@H]2OC(=O)c3ccccc32)c(C)c1. The number of aryl methyl sites for hydroxylation is 2. The highest BCUT2D eigenvalue weighted by atomic mass is 16.5. The van der Waals surface area contributed by atoms with Crippen molar-refractivity contribution in [3.05, 3.63) is 107 Å². The van der Waals surface area contributed by atoms with Crippen LogP contribution in [0.1, 0.15) is 38.7 Å². The molecule has 1 aliphatic rings. The number of carbonyl (C=O) groups excluding carboxylic acids is 4. The number of allylic oxidation sites excluding steroid dienone is 1. The molecule has 3 aromatic carbocycles. The van der Waals surface area contributed by atoms with Crippen LogP contribution in [0.5, 0.6) is 0 Å². The van der Waals surface area contributed by atoms with E-state index in [-0.39, 0.29) is 5.56 Å². The number of fused-ring (bicyclic) bond motifs is 1. The molecule has 1 amide bonds. The van der Waals surface area contributed by atoms with Crippen LogP contribution in [0.15, 0.2) is 78.9 Å². The van der Waals surface area contributed by atoms with Crippen LogP contribution in [0.3, 0.4) is 0 Å². The molecule has 6 nitrogen and oxygen atoms in total. The predicted octanol–water partition coefficient (Wildman–Crippen LogP) is 4.62. The number of cyclic esters (lactones) is 1. The number of hydrogen-bond acceptors (Lipinski definition) is 5. The summed E-state index contributed by atoms with van der Waals surface area (Å²) in [5.41, 5.74) is 3.71. The van der Waals surface area contributed by atoms with Crippen LogP contribution in [0.2, 0.25) is 0 Å². The molecule has 0 bridgehead atoms. The highest BCUT2D eigenvalue weighted by Gasteiger charge is 2.45. The summed E-state index contributed by atoms with van der Waals surface area (Å²) in [6.07, 6.45) is 1.62. The Hall–Kier alpha value is -4.32. The number of benzene rings is 3. The van der Waals surface area contributed by atoms with E-state index in [1.807, 2.05) is 44.2 Å². The zero-order valence-corrected chi connectivity index (χ0v) is 18.8. The van der Waals surface area contributed by atoms with Gasteiger partial charge in [0.05, 0.1) is 5.56 Å². The minimum atomic E-state index is -1.52. The molecular weight excluding hydrogens is 430 g/mol. The van der Waals surface area contributed by atoms with Gasteiger partial charge in [-0.2, -0.15) is 0 Å². The first-order valence-corrected chi connectivity index (χ1v) is 10.8. The Morgan fingerprint density at radius 2 is 1.65 bits per heavy atom. The Balaban J connectivity index is 1.66. The average Bonchev–Trinajstić information content (AvgIpc) is 3.16. The van der Waals surface area contributed by atoms with Crippen LogP contribution in [0.4, 0.5) is 5.69 Å². The molecule has 1 heterocycles. The summed E-state index contributed by atoms with van der Waals surface area (Å²) in [6, 6.07) is 21.0. The van der Waals surface area contributed by atoms with Crippen molar-refractivity contribution in [2.24, 2.45) is 5.92 Å². The predicted molar refractivity (Wildman–Crippen MR) is 128 cm³/mol. The minimum Gasteiger partial charge on any atom is -0.453 e. The summed E-state index contributed by atoms with van der Waals surface area (Å²) in [5, 5.41) is 2.60. The number of carbonyl (C=O) groups is 4. The maximum Gasteiger partial charge on any atom is 0.339 e. The number of rotatable bonds is 7. The Kier molecular flexibility index (Phi) is 6.50. The standard InChI is InChI=1S/C28H23NO5/c1-17-12-14-22(18(2)16-17)29-27(32)25(31)24(23(30)15-13-19-8-4-3-5-9-19)26-20-10-6-7-11-21(20)28(33)34-26/h3-16,24,26H,1-2H3,(H,29,32)/b15-13+/t24-,26-/m0/s1. The Bertz CT molecular complexity index is 1310. The van der Waals surface area contributed by atoms with E-state index in [9.17, 15) is 19.2 Å². The lowest BCUT2D eigenvalue weighted by Crippen LogP contribution is -2.37. The zero-order valence-electron chi connectivity index (χ0n) is 18.8. The van der Waals surface area contributed by atoms with Crippen LogP contribution >= 0.6 is 0 Å². The van der Waals surface area contributed by atoms with Crippen molar-refractivity contribution in [3.8, 4) is 0 Å². The van der Waals surface area contributed by atoms with Gasteiger partial charge in [0, 0.05) is 11.3 Å². The fourth-order valence-corrected chi connectivity index (χ4v) is 3.96. The molecule has 1 aliphatic heterocycles. The summed E-state index contributed by atoms with van der Waals surface area (Å²) in [4.78, 5) is 51.9. The summed E-state index contributed by atoms with van der Waals surface area (Å²) < 4.78 is 5.43. The minimum absolute atomic E-state index is 0.278. The molecule has 0 fully saturated rings. The highest BCUT2D eigenvalue weighted by Crippen LogP contribution is 2.37. The lowest BCUT2D eigenvalue weighted by Gasteiger charge is -2.20. The molecule has 170 valence electrons. The van der Waals surface area contributed by atoms with Gasteiger partial charge in [-0.1, -0.05) is 72.3 Å². The van der Waals surface area contributed by atoms with Crippen LogP contribution in [-0.2, 0) is 19.1 Å². The van der Waals surface area contributed by atoms with E-state index in [1.54, 1.807) is 48.5 Å². The van der Waals surface area contributed by atoms with E-state index in [0.717, 1.165) is 16.7 Å². The van der Waals surface area contributed by atoms with Crippen molar-refractivity contribution in [2.75, 3.05) is 5.32 Å². The van der Waals surface area contributed by atoms with E-state index in [4.69, 9.17) is 4.74 Å². The van der Waals surface area contributed by atoms with Crippen LogP contribution in [-0.4, -0.2) is 23.4 Å².